The second-order valence-corrected chi connectivity index (χ2v) is 33.9. The minimum Gasteiger partial charge on any atom is -0.208 e. The van der Waals surface area contributed by atoms with Gasteiger partial charge in [0, 0.05) is 76.2 Å². The summed E-state index contributed by atoms with van der Waals surface area (Å²) in [4.78, 5) is 0. The van der Waals surface area contributed by atoms with Crippen molar-refractivity contribution < 1.29 is 18.3 Å². The predicted octanol–water partition coefficient (Wildman–Crippen LogP) is 16.4. The molecule has 0 atom stereocenters. The third-order valence-corrected chi connectivity index (χ3v) is 25.4. The third-order valence-electron chi connectivity index (χ3n) is 25.4. The lowest BCUT2D eigenvalue weighted by molar-refractivity contribution is -0.671. The SMILES string of the molecule is CC#N.CC#N.CC#N.CC#N.C[n+]1ccc(-c2cc[n+](C)cc2)cc1.C[n+]1ccc(-c2cc[n+](C)cc2)cc1.c1ccc([B-](c2ccccc2)(c2ccccc2)c2ccccc2)cc1.c1ccc([B-](c2ccccc2)(c2ccccc2)c2ccccc2)cc1.c1ccc([B-](c2ccccc2)(c2ccccc2)c2ccccc2)cc1.c1ccc([B-](c2ccccc2)(c2ccccc2)c2ccccc2)cc1. The zero-order chi connectivity index (χ0) is 98.6. The fourth-order valence-corrected chi connectivity index (χ4v) is 19.3. The van der Waals surface area contributed by atoms with E-state index in [0.717, 1.165) is 0 Å². The first-order valence-corrected chi connectivity index (χ1v) is 47.4. The van der Waals surface area contributed by atoms with Crippen LogP contribution in [-0.4, -0.2) is 24.6 Å². The van der Waals surface area contributed by atoms with Gasteiger partial charge in [0.15, 0.2) is 49.6 Å². The van der Waals surface area contributed by atoms with Gasteiger partial charge in [-0.25, -0.2) is 18.3 Å². The quantitative estimate of drug-likeness (QED) is 0.0629. The van der Waals surface area contributed by atoms with Crippen molar-refractivity contribution in [2.75, 3.05) is 0 Å². The van der Waals surface area contributed by atoms with Gasteiger partial charge >= 0.3 is 0 Å². The van der Waals surface area contributed by atoms with Crippen LogP contribution in [0.4, 0.5) is 0 Å². The van der Waals surface area contributed by atoms with Crippen LogP contribution in [0.25, 0.3) is 22.3 Å². The third kappa shape index (κ3) is 26.5. The minimum absolute atomic E-state index is 1.22. The van der Waals surface area contributed by atoms with Gasteiger partial charge in [0.25, 0.3) is 0 Å². The van der Waals surface area contributed by atoms with E-state index in [1.54, 1.807) is 24.3 Å². The Morgan fingerprint density at radius 2 is 0.193 bits per heavy atom. The van der Waals surface area contributed by atoms with Crippen molar-refractivity contribution in [3.63, 3.8) is 0 Å². The number of aryl methyl sites for hydroxylation is 4. The van der Waals surface area contributed by atoms with Crippen molar-refractivity contribution in [1.82, 2.24) is 0 Å². The summed E-state index contributed by atoms with van der Waals surface area (Å²) in [6.45, 7) is 5.72. The number of hydrogen-bond donors (Lipinski definition) is 0. The first kappa shape index (κ1) is 103. The number of hydrogen-bond acceptors (Lipinski definition) is 4. The molecule has 0 radical (unpaired) electrons. The summed E-state index contributed by atoms with van der Waals surface area (Å²) in [6.07, 6.45) is 11.6. The van der Waals surface area contributed by atoms with Gasteiger partial charge in [-0.1, -0.05) is 485 Å². The zero-order valence-corrected chi connectivity index (χ0v) is 81.3. The van der Waals surface area contributed by atoms with Crippen LogP contribution in [0.15, 0.2) is 583 Å². The van der Waals surface area contributed by atoms with Crippen LogP contribution in [0.3, 0.4) is 0 Å². The molecule has 0 spiro atoms. The van der Waals surface area contributed by atoms with E-state index in [9.17, 15) is 0 Å². The molecule has 4 heterocycles. The molecular formula is C128H120B4N8. The highest BCUT2D eigenvalue weighted by Crippen LogP contribution is 2.19. The van der Waals surface area contributed by atoms with Crippen molar-refractivity contribution in [1.29, 1.82) is 21.0 Å². The fourth-order valence-electron chi connectivity index (χ4n) is 19.3. The number of rotatable bonds is 18. The van der Waals surface area contributed by atoms with Gasteiger partial charge in [-0.3, -0.25) is 0 Å². The van der Waals surface area contributed by atoms with Crippen molar-refractivity contribution in [3.8, 4) is 46.5 Å². The molecule has 0 amide bonds. The molecule has 0 aliphatic rings. The second kappa shape index (κ2) is 55.2. The normalized spacial score (nSPS) is 10.3. The van der Waals surface area contributed by atoms with Crippen molar-refractivity contribution in [2.45, 2.75) is 27.7 Å². The summed E-state index contributed by atoms with van der Waals surface area (Å²) in [6, 6.07) is 198. The summed E-state index contributed by atoms with van der Waals surface area (Å²) in [7, 11) is 8.09. The fraction of sp³-hybridized carbons (Fsp3) is 0.0625. The molecule has 8 nitrogen and oxygen atoms in total. The first-order valence-electron chi connectivity index (χ1n) is 47.4. The molecule has 0 saturated heterocycles. The van der Waals surface area contributed by atoms with Gasteiger partial charge < -0.3 is 0 Å². The lowest BCUT2D eigenvalue weighted by Gasteiger charge is -2.44. The summed E-state index contributed by atoms with van der Waals surface area (Å²) in [5, 5.41) is 29.3. The molecule has 0 fully saturated rings. The average molecular weight is 1810 g/mol. The van der Waals surface area contributed by atoms with E-state index < -0.39 is 24.6 Å². The van der Waals surface area contributed by atoms with E-state index >= 15 is 0 Å². The topological polar surface area (TPSA) is 111 Å². The lowest BCUT2D eigenvalue weighted by Crippen LogP contribution is -2.74. The number of pyridine rings is 4. The van der Waals surface area contributed by atoms with Crippen LogP contribution in [0.1, 0.15) is 27.7 Å². The molecular weight excluding hydrogens is 1690 g/mol. The Kier molecular flexibility index (Phi) is 40.6. The highest BCUT2D eigenvalue weighted by molar-refractivity contribution is 7.22. The summed E-state index contributed by atoms with van der Waals surface area (Å²) < 4.78 is 8.14. The smallest absolute Gasteiger partial charge is 0.169 e. The van der Waals surface area contributed by atoms with Crippen LogP contribution in [0.5, 0.6) is 0 Å². The number of aromatic nitrogens is 4. The van der Waals surface area contributed by atoms with Gasteiger partial charge in [-0.2, -0.15) is 108 Å². The van der Waals surface area contributed by atoms with E-state index in [4.69, 9.17) is 21.0 Å². The Hall–Kier alpha value is -17.7. The van der Waals surface area contributed by atoms with E-state index in [0.29, 0.717) is 0 Å². The molecule has 0 N–H and O–H groups in total. The maximum absolute atomic E-state index is 7.32. The van der Waals surface area contributed by atoms with E-state index in [1.807, 2.05) is 46.5 Å². The van der Waals surface area contributed by atoms with Crippen LogP contribution in [-0.2, 0) is 28.2 Å². The van der Waals surface area contributed by atoms with E-state index in [-0.39, 0.29) is 0 Å². The van der Waals surface area contributed by atoms with Crippen LogP contribution in [0.2, 0.25) is 0 Å². The molecule has 0 aliphatic carbocycles. The van der Waals surface area contributed by atoms with E-state index in [1.165, 1.54) is 137 Å². The maximum Gasteiger partial charge on any atom is 0.169 e. The Bertz CT molecular complexity index is 5530. The molecule has 12 heteroatoms. The largest absolute Gasteiger partial charge is 0.208 e. The molecule has 4 aromatic heterocycles. The highest BCUT2D eigenvalue weighted by Gasteiger charge is 2.35. The van der Waals surface area contributed by atoms with Gasteiger partial charge in [0.1, 0.15) is 52.8 Å². The van der Waals surface area contributed by atoms with Crippen molar-refractivity contribution in [2.24, 2.45) is 28.2 Å². The highest BCUT2D eigenvalue weighted by atomic mass is 14.9. The van der Waals surface area contributed by atoms with Crippen molar-refractivity contribution >= 4 is 112 Å². The predicted molar refractivity (Wildman–Crippen MR) is 594 cm³/mol. The van der Waals surface area contributed by atoms with E-state index in [2.05, 4.69) is 583 Å². The Balaban J connectivity index is 0.000000159. The Labute approximate surface area is 831 Å². The number of nitriles is 4. The maximum atomic E-state index is 7.32. The van der Waals surface area contributed by atoms with Crippen LogP contribution in [0, 0.1) is 45.3 Å². The first-order chi connectivity index (χ1) is 68.8. The molecule has 0 unspecified atom stereocenters. The molecule has 140 heavy (non-hydrogen) atoms. The molecule has 16 aromatic carbocycles. The Morgan fingerprint density at radius 3 is 0.257 bits per heavy atom. The van der Waals surface area contributed by atoms with Gasteiger partial charge in [-0.05, 0) is 22.3 Å². The summed E-state index contributed by atoms with van der Waals surface area (Å²) >= 11 is 0. The van der Waals surface area contributed by atoms with Crippen LogP contribution >= 0.6 is 0 Å². The molecule has 0 aliphatic heterocycles. The standard InChI is InChI=1S/4C24H20B.2C12H14N2.4C2H3N/c4*1-5-13-21(14-6-1)25(22-15-7-2-8-16-22,23-17-9-3-10-18-23)24-19-11-4-12-20-24;2*1-13-7-3-11(4-8-13)12-5-9-14(2)10-6-12;4*1-2-3/h4*1-20H;2*3-10H,1-2H3;4*1H3/q4*-1;2*+2;;;;. The van der Waals surface area contributed by atoms with Crippen LogP contribution < -0.4 is 106 Å². The molecule has 684 valence electrons. The van der Waals surface area contributed by atoms with Crippen molar-refractivity contribution in [3.05, 3.63) is 583 Å². The molecule has 0 saturated carbocycles. The minimum atomic E-state index is -1.22. The number of nitrogens with zero attached hydrogens (tertiary/aromatic N) is 8. The molecule has 20 aromatic rings. The summed E-state index contributed by atoms with van der Waals surface area (Å²) in [5.41, 5.74) is 26.4. The molecule has 20 rings (SSSR count). The van der Waals surface area contributed by atoms with Gasteiger partial charge in [-0.15, -0.1) is 0 Å². The second-order valence-electron chi connectivity index (χ2n) is 33.9. The Morgan fingerprint density at radius 1 is 0.129 bits per heavy atom. The zero-order valence-electron chi connectivity index (χ0n) is 81.3. The average Bonchev–Trinajstić information content (AvgIpc) is 0.752. The lowest BCUT2D eigenvalue weighted by atomic mass is 9.13. The monoisotopic (exact) mass is 1810 g/mol. The van der Waals surface area contributed by atoms with Gasteiger partial charge in [0.2, 0.25) is 0 Å². The summed E-state index contributed by atoms with van der Waals surface area (Å²) in [5.74, 6) is 0. The van der Waals surface area contributed by atoms with Gasteiger partial charge in [0.05, 0.1) is 24.3 Å². The number of benzene rings is 16. The molecule has 0 bridgehead atoms.